The maximum absolute atomic E-state index is 10.3. The van der Waals surface area contributed by atoms with Gasteiger partial charge in [0.15, 0.2) is 0 Å². The molecule has 2 nitrogen and oxygen atoms in total. The van der Waals surface area contributed by atoms with Crippen molar-refractivity contribution in [2.24, 2.45) is 5.41 Å². The van der Waals surface area contributed by atoms with Crippen molar-refractivity contribution in [1.82, 2.24) is 0 Å². The number of ether oxygens (including phenoxy) is 1. The topological polar surface area (TPSA) is 29.5 Å². The largest absolute Gasteiger partial charge is 0.390 e. The first-order chi connectivity index (χ1) is 7.46. The summed E-state index contributed by atoms with van der Waals surface area (Å²) in [6.07, 6.45) is 7.15. The molecule has 0 heterocycles. The van der Waals surface area contributed by atoms with Gasteiger partial charge in [-0.05, 0) is 37.5 Å². The highest BCUT2D eigenvalue weighted by atomic mass is 16.5. The molecule has 1 aliphatic rings. The summed E-state index contributed by atoms with van der Waals surface area (Å²) in [6.45, 7) is 6.78. The average molecular weight is 228 g/mol. The molecule has 1 aliphatic carbocycles. The second-order valence-corrected chi connectivity index (χ2v) is 6.09. The molecule has 1 rings (SSSR count). The average Bonchev–Trinajstić information content (AvgIpc) is 2.27. The number of aliphatic hydroxyl groups excluding tert-OH is 1. The van der Waals surface area contributed by atoms with E-state index in [0.717, 1.165) is 44.9 Å². The molecule has 0 aliphatic heterocycles. The molecule has 1 N–H and O–H groups in total. The number of aliphatic hydroxyl groups is 1. The van der Waals surface area contributed by atoms with Gasteiger partial charge in [0.2, 0.25) is 0 Å². The molecule has 0 aromatic heterocycles. The third kappa shape index (κ3) is 3.21. The van der Waals surface area contributed by atoms with E-state index in [-0.39, 0.29) is 11.7 Å². The predicted octanol–water partition coefficient (Wildman–Crippen LogP) is 3.52. The summed E-state index contributed by atoms with van der Waals surface area (Å²) in [5.74, 6) is 0. The van der Waals surface area contributed by atoms with E-state index in [1.54, 1.807) is 7.11 Å². The Morgan fingerprint density at radius 3 is 2.19 bits per heavy atom. The van der Waals surface area contributed by atoms with Crippen LogP contribution in [0.2, 0.25) is 0 Å². The molecule has 96 valence electrons. The Bertz CT molecular complexity index is 201. The van der Waals surface area contributed by atoms with E-state index in [1.165, 1.54) is 0 Å². The van der Waals surface area contributed by atoms with Crippen LogP contribution in [0.15, 0.2) is 0 Å². The Morgan fingerprint density at radius 1 is 1.19 bits per heavy atom. The van der Waals surface area contributed by atoms with Crippen molar-refractivity contribution in [2.75, 3.05) is 7.11 Å². The monoisotopic (exact) mass is 228 g/mol. The number of hydrogen-bond donors (Lipinski definition) is 1. The zero-order chi connectivity index (χ0) is 12.2. The van der Waals surface area contributed by atoms with Crippen LogP contribution in [0.5, 0.6) is 0 Å². The summed E-state index contributed by atoms with van der Waals surface area (Å²) in [5, 5.41) is 10.3. The van der Waals surface area contributed by atoms with Crippen molar-refractivity contribution in [1.29, 1.82) is 0 Å². The molecule has 1 saturated carbocycles. The summed E-state index contributed by atoms with van der Waals surface area (Å²) < 4.78 is 5.68. The van der Waals surface area contributed by atoms with E-state index >= 15 is 0 Å². The van der Waals surface area contributed by atoms with Gasteiger partial charge in [-0.3, -0.25) is 0 Å². The molecule has 0 spiro atoms. The van der Waals surface area contributed by atoms with Gasteiger partial charge in [0.25, 0.3) is 0 Å². The predicted molar refractivity (Wildman–Crippen MR) is 67.5 cm³/mol. The lowest BCUT2D eigenvalue weighted by atomic mass is 9.68. The summed E-state index contributed by atoms with van der Waals surface area (Å²) in [7, 11) is 1.76. The molecule has 1 unspecified atom stereocenters. The Balaban J connectivity index is 2.58. The SMILES string of the molecule is CCCCC(O)C1(OC)CCC(C)(C)CC1. The minimum absolute atomic E-state index is 0.259. The van der Waals surface area contributed by atoms with Crippen LogP contribution >= 0.6 is 0 Å². The Labute approximate surface area is 100 Å². The fraction of sp³-hybridized carbons (Fsp3) is 1.00. The van der Waals surface area contributed by atoms with Gasteiger partial charge in [-0.1, -0.05) is 33.6 Å². The number of methoxy groups -OCH3 is 1. The lowest BCUT2D eigenvalue weighted by molar-refractivity contribution is -0.138. The van der Waals surface area contributed by atoms with E-state index in [4.69, 9.17) is 4.74 Å². The smallest absolute Gasteiger partial charge is 0.0936 e. The highest BCUT2D eigenvalue weighted by Gasteiger charge is 2.43. The van der Waals surface area contributed by atoms with Gasteiger partial charge in [-0.15, -0.1) is 0 Å². The Morgan fingerprint density at radius 2 is 1.75 bits per heavy atom. The maximum Gasteiger partial charge on any atom is 0.0936 e. The quantitative estimate of drug-likeness (QED) is 0.780. The first-order valence-electron chi connectivity index (χ1n) is 6.69. The van der Waals surface area contributed by atoms with E-state index in [2.05, 4.69) is 20.8 Å². The normalized spacial score (nSPS) is 25.3. The van der Waals surface area contributed by atoms with Gasteiger partial charge in [0.1, 0.15) is 0 Å². The van der Waals surface area contributed by atoms with Crippen molar-refractivity contribution in [3.05, 3.63) is 0 Å². The van der Waals surface area contributed by atoms with Crippen LogP contribution in [0, 0.1) is 5.41 Å². The zero-order valence-electron chi connectivity index (χ0n) is 11.4. The van der Waals surface area contributed by atoms with E-state index < -0.39 is 0 Å². The second kappa shape index (κ2) is 5.50. The summed E-state index contributed by atoms with van der Waals surface area (Å²) in [6, 6.07) is 0. The van der Waals surface area contributed by atoms with Crippen LogP contribution in [-0.4, -0.2) is 23.9 Å². The highest BCUT2D eigenvalue weighted by molar-refractivity contribution is 4.95. The fourth-order valence-corrected chi connectivity index (χ4v) is 2.68. The molecule has 0 amide bonds. The maximum atomic E-state index is 10.3. The van der Waals surface area contributed by atoms with Crippen LogP contribution < -0.4 is 0 Å². The Hall–Kier alpha value is -0.0800. The summed E-state index contributed by atoms with van der Waals surface area (Å²) in [4.78, 5) is 0. The molecule has 0 bridgehead atoms. The third-order valence-corrected chi connectivity index (χ3v) is 4.29. The summed E-state index contributed by atoms with van der Waals surface area (Å²) >= 11 is 0. The molecule has 16 heavy (non-hydrogen) atoms. The van der Waals surface area contributed by atoms with Crippen LogP contribution in [0.25, 0.3) is 0 Å². The number of unbranched alkanes of at least 4 members (excludes halogenated alkanes) is 1. The minimum Gasteiger partial charge on any atom is -0.390 e. The van der Waals surface area contributed by atoms with Gasteiger partial charge in [0, 0.05) is 7.11 Å². The van der Waals surface area contributed by atoms with Gasteiger partial charge >= 0.3 is 0 Å². The fourth-order valence-electron chi connectivity index (χ4n) is 2.68. The molecule has 0 aromatic carbocycles. The molecule has 0 saturated heterocycles. The third-order valence-electron chi connectivity index (χ3n) is 4.29. The first kappa shape index (κ1) is 14.0. The number of rotatable bonds is 5. The van der Waals surface area contributed by atoms with Crippen molar-refractivity contribution in [3.63, 3.8) is 0 Å². The molecular weight excluding hydrogens is 200 g/mol. The molecule has 0 radical (unpaired) electrons. The molecular formula is C14H28O2. The highest BCUT2D eigenvalue weighted by Crippen LogP contribution is 2.44. The lowest BCUT2D eigenvalue weighted by Gasteiger charge is -2.45. The van der Waals surface area contributed by atoms with Gasteiger partial charge in [-0.2, -0.15) is 0 Å². The molecule has 2 heteroatoms. The van der Waals surface area contributed by atoms with Gasteiger partial charge in [0.05, 0.1) is 11.7 Å². The van der Waals surface area contributed by atoms with Gasteiger partial charge in [-0.25, -0.2) is 0 Å². The molecule has 0 aromatic rings. The van der Waals surface area contributed by atoms with E-state index in [1.807, 2.05) is 0 Å². The van der Waals surface area contributed by atoms with Crippen LogP contribution in [-0.2, 0) is 4.74 Å². The van der Waals surface area contributed by atoms with Crippen molar-refractivity contribution >= 4 is 0 Å². The van der Waals surface area contributed by atoms with Crippen molar-refractivity contribution in [2.45, 2.75) is 77.4 Å². The minimum atomic E-state index is -0.284. The van der Waals surface area contributed by atoms with Crippen molar-refractivity contribution < 1.29 is 9.84 Å². The van der Waals surface area contributed by atoms with Crippen LogP contribution in [0.4, 0.5) is 0 Å². The molecule has 1 fully saturated rings. The zero-order valence-corrected chi connectivity index (χ0v) is 11.4. The van der Waals surface area contributed by atoms with Gasteiger partial charge < -0.3 is 9.84 Å². The summed E-state index contributed by atoms with van der Waals surface area (Å²) in [5.41, 5.74) is 0.164. The Kier molecular flexibility index (Phi) is 4.81. The molecule has 1 atom stereocenters. The van der Waals surface area contributed by atoms with Crippen LogP contribution in [0.1, 0.15) is 65.7 Å². The second-order valence-electron chi connectivity index (χ2n) is 6.09. The van der Waals surface area contributed by atoms with E-state index in [9.17, 15) is 5.11 Å². The number of hydrogen-bond acceptors (Lipinski definition) is 2. The van der Waals surface area contributed by atoms with Crippen LogP contribution in [0.3, 0.4) is 0 Å². The standard InChI is InChI=1S/C14H28O2/c1-5-6-7-12(15)14(16-4)10-8-13(2,3)9-11-14/h12,15H,5-11H2,1-4H3. The lowest BCUT2D eigenvalue weighted by Crippen LogP contribution is -2.48. The first-order valence-corrected chi connectivity index (χ1v) is 6.69. The van der Waals surface area contributed by atoms with E-state index in [0.29, 0.717) is 5.41 Å². The van der Waals surface area contributed by atoms with Crippen molar-refractivity contribution in [3.8, 4) is 0 Å².